The lowest BCUT2D eigenvalue weighted by molar-refractivity contribution is -0.137. The summed E-state index contributed by atoms with van der Waals surface area (Å²) in [5.41, 5.74) is 2.10. The van der Waals surface area contributed by atoms with E-state index < -0.39 is 5.97 Å². The molecule has 27 heavy (non-hydrogen) atoms. The van der Waals surface area contributed by atoms with Crippen molar-refractivity contribution in [3.63, 3.8) is 0 Å². The van der Waals surface area contributed by atoms with Crippen molar-refractivity contribution < 1.29 is 14.7 Å². The lowest BCUT2D eigenvalue weighted by atomic mass is 9.46. The number of hydrogen-bond donors (Lipinski definition) is 1. The first-order valence-corrected chi connectivity index (χ1v) is 11.2. The van der Waals surface area contributed by atoms with Crippen molar-refractivity contribution in [1.29, 1.82) is 0 Å². The second kappa shape index (κ2) is 6.74. The fourth-order valence-electron chi connectivity index (χ4n) is 8.09. The summed E-state index contributed by atoms with van der Waals surface area (Å²) in [6.45, 7) is 7.27. The van der Waals surface area contributed by atoms with Crippen LogP contribution in [0.2, 0.25) is 0 Å². The summed E-state index contributed by atoms with van der Waals surface area (Å²) in [5, 5.41) is 9.08. The Morgan fingerprint density at radius 1 is 1.15 bits per heavy atom. The molecule has 0 radical (unpaired) electrons. The van der Waals surface area contributed by atoms with Crippen LogP contribution < -0.4 is 0 Å². The van der Waals surface area contributed by atoms with E-state index in [2.05, 4.69) is 20.8 Å². The van der Waals surface area contributed by atoms with Crippen molar-refractivity contribution in [3.05, 3.63) is 11.6 Å². The molecule has 0 heterocycles. The molecule has 0 aromatic rings. The van der Waals surface area contributed by atoms with Crippen LogP contribution >= 0.6 is 0 Å². The molecule has 3 heteroatoms. The van der Waals surface area contributed by atoms with Gasteiger partial charge in [0.25, 0.3) is 0 Å². The number of carboxylic acid groups (broad SMARTS) is 1. The molecular weight excluding hydrogens is 336 g/mol. The highest BCUT2D eigenvalue weighted by molar-refractivity contribution is 5.91. The zero-order valence-electron chi connectivity index (χ0n) is 17.3. The van der Waals surface area contributed by atoms with E-state index in [1.54, 1.807) is 0 Å². The first-order valence-electron chi connectivity index (χ1n) is 11.2. The average molecular weight is 373 g/mol. The molecule has 4 aliphatic carbocycles. The molecule has 7 unspecified atom stereocenters. The number of ketones is 1. The predicted molar refractivity (Wildman–Crippen MR) is 106 cm³/mol. The van der Waals surface area contributed by atoms with E-state index >= 15 is 0 Å². The fraction of sp³-hybridized carbons (Fsp3) is 0.833. The third-order valence-electron chi connectivity index (χ3n) is 9.54. The van der Waals surface area contributed by atoms with Crippen molar-refractivity contribution in [3.8, 4) is 0 Å². The van der Waals surface area contributed by atoms with Crippen LogP contribution in [0.3, 0.4) is 0 Å². The zero-order valence-corrected chi connectivity index (χ0v) is 17.3. The first-order chi connectivity index (χ1) is 12.8. The van der Waals surface area contributed by atoms with Gasteiger partial charge in [-0.25, -0.2) is 0 Å². The molecule has 7 atom stereocenters. The molecule has 4 rings (SSSR count). The van der Waals surface area contributed by atoms with Gasteiger partial charge in [-0.2, -0.15) is 0 Å². The number of hydrogen-bond acceptors (Lipinski definition) is 2. The monoisotopic (exact) mass is 372 g/mol. The maximum Gasteiger partial charge on any atom is 0.303 e. The second-order valence-electron chi connectivity index (χ2n) is 10.6. The number of carboxylic acids is 1. The van der Waals surface area contributed by atoms with Gasteiger partial charge in [0.05, 0.1) is 0 Å². The quantitative estimate of drug-likeness (QED) is 0.695. The van der Waals surface area contributed by atoms with Crippen molar-refractivity contribution in [2.45, 2.75) is 85.0 Å². The summed E-state index contributed by atoms with van der Waals surface area (Å²) >= 11 is 0. The van der Waals surface area contributed by atoms with Crippen LogP contribution in [0.4, 0.5) is 0 Å². The largest absolute Gasteiger partial charge is 0.481 e. The Labute approximate surface area is 164 Å². The highest BCUT2D eigenvalue weighted by atomic mass is 16.4. The lowest BCUT2D eigenvalue weighted by Crippen LogP contribution is -2.51. The molecule has 3 saturated carbocycles. The van der Waals surface area contributed by atoms with Crippen LogP contribution in [-0.2, 0) is 9.59 Å². The molecule has 1 N–H and O–H groups in total. The van der Waals surface area contributed by atoms with Gasteiger partial charge in [-0.1, -0.05) is 26.3 Å². The van der Waals surface area contributed by atoms with Crippen molar-refractivity contribution in [1.82, 2.24) is 0 Å². The lowest BCUT2D eigenvalue weighted by Gasteiger charge is -2.58. The molecule has 0 saturated heterocycles. The number of allylic oxidation sites excluding steroid dienone is 1. The van der Waals surface area contributed by atoms with Crippen molar-refractivity contribution in [2.75, 3.05) is 0 Å². The summed E-state index contributed by atoms with van der Waals surface area (Å²) < 4.78 is 0. The standard InChI is InChI=1S/C24H36O3/c1-15(4-9-22(26)27)19-7-8-20-18-6-5-16-14-17(25)10-12-23(16,2)21(18)11-13-24(19,20)3/h14-15,18-21H,4-13H2,1-3H3,(H,26,27). The second-order valence-corrected chi connectivity index (χ2v) is 10.6. The van der Waals surface area contributed by atoms with E-state index in [1.807, 2.05) is 6.08 Å². The number of carbonyl (C=O) groups is 2. The minimum atomic E-state index is -0.656. The highest BCUT2D eigenvalue weighted by Crippen LogP contribution is 2.67. The maximum atomic E-state index is 12.0. The molecule has 0 spiro atoms. The molecule has 3 nitrogen and oxygen atoms in total. The topological polar surface area (TPSA) is 54.4 Å². The molecule has 0 aromatic carbocycles. The summed E-state index contributed by atoms with van der Waals surface area (Å²) in [6.07, 6.45) is 12.5. The minimum Gasteiger partial charge on any atom is -0.481 e. The SMILES string of the molecule is CC(CCC(=O)O)C1CCC2C3CCC4=CC(=O)CCC4(C)C3CCC12C. The van der Waals surface area contributed by atoms with Gasteiger partial charge in [-0.15, -0.1) is 0 Å². The normalized spacial score (nSPS) is 44.7. The Kier molecular flexibility index (Phi) is 4.79. The molecule has 4 aliphatic rings. The Morgan fingerprint density at radius 2 is 1.93 bits per heavy atom. The third kappa shape index (κ3) is 3.00. The van der Waals surface area contributed by atoms with Gasteiger partial charge in [-0.3, -0.25) is 9.59 Å². The average Bonchev–Trinajstić information content (AvgIpc) is 2.97. The predicted octanol–water partition coefficient (Wildman–Crippen LogP) is 5.64. The van der Waals surface area contributed by atoms with Crippen LogP contribution in [-0.4, -0.2) is 16.9 Å². The van der Waals surface area contributed by atoms with E-state index in [4.69, 9.17) is 5.11 Å². The van der Waals surface area contributed by atoms with Crippen LogP contribution in [0.1, 0.15) is 85.0 Å². The summed E-state index contributed by atoms with van der Waals surface area (Å²) in [7, 11) is 0. The molecule has 0 aromatic heterocycles. The van der Waals surface area contributed by atoms with Gasteiger partial charge in [-0.05, 0) is 97.9 Å². The summed E-state index contributed by atoms with van der Waals surface area (Å²) in [5.74, 6) is 3.22. The number of fused-ring (bicyclic) bond motifs is 5. The van der Waals surface area contributed by atoms with Crippen LogP contribution in [0.15, 0.2) is 11.6 Å². The maximum absolute atomic E-state index is 12.0. The Bertz CT molecular complexity index is 665. The van der Waals surface area contributed by atoms with Gasteiger partial charge in [0.1, 0.15) is 0 Å². The van der Waals surface area contributed by atoms with E-state index in [0.29, 0.717) is 29.5 Å². The highest BCUT2D eigenvalue weighted by Gasteiger charge is 2.59. The molecule has 0 amide bonds. The number of rotatable bonds is 4. The summed E-state index contributed by atoms with van der Waals surface area (Å²) in [4.78, 5) is 23.0. The van der Waals surface area contributed by atoms with Gasteiger partial charge in [0, 0.05) is 12.8 Å². The smallest absolute Gasteiger partial charge is 0.303 e. The molecule has 0 aliphatic heterocycles. The number of carbonyl (C=O) groups excluding carboxylic acids is 1. The first kappa shape index (κ1) is 19.2. The van der Waals surface area contributed by atoms with Gasteiger partial charge < -0.3 is 5.11 Å². The Hall–Kier alpha value is -1.12. The Balaban J connectivity index is 1.55. The molecular formula is C24H36O3. The van der Waals surface area contributed by atoms with E-state index in [-0.39, 0.29) is 5.41 Å². The zero-order chi connectivity index (χ0) is 19.4. The van der Waals surface area contributed by atoms with Gasteiger partial charge in [0.2, 0.25) is 0 Å². The van der Waals surface area contributed by atoms with Crippen molar-refractivity contribution >= 4 is 11.8 Å². The third-order valence-corrected chi connectivity index (χ3v) is 9.54. The van der Waals surface area contributed by atoms with E-state index in [9.17, 15) is 9.59 Å². The van der Waals surface area contributed by atoms with Crippen LogP contribution in [0, 0.1) is 40.4 Å². The van der Waals surface area contributed by atoms with Crippen LogP contribution in [0.25, 0.3) is 0 Å². The number of aliphatic carboxylic acids is 1. The molecule has 3 fully saturated rings. The van der Waals surface area contributed by atoms with Gasteiger partial charge in [0.15, 0.2) is 5.78 Å². The summed E-state index contributed by atoms with van der Waals surface area (Å²) in [6, 6.07) is 0. The fourth-order valence-corrected chi connectivity index (χ4v) is 8.09. The van der Waals surface area contributed by atoms with Gasteiger partial charge >= 0.3 is 5.97 Å². The van der Waals surface area contributed by atoms with E-state index in [1.165, 1.54) is 37.7 Å². The molecule has 0 bridgehead atoms. The van der Waals surface area contributed by atoms with Crippen molar-refractivity contribution in [2.24, 2.45) is 40.4 Å². The minimum absolute atomic E-state index is 0.255. The molecule has 150 valence electrons. The van der Waals surface area contributed by atoms with E-state index in [0.717, 1.165) is 43.4 Å². The van der Waals surface area contributed by atoms with Crippen LogP contribution in [0.5, 0.6) is 0 Å². The Morgan fingerprint density at radius 3 is 2.67 bits per heavy atom.